The van der Waals surface area contributed by atoms with E-state index in [1.165, 1.54) is 48.3 Å². The molecule has 0 saturated carbocycles. The van der Waals surface area contributed by atoms with Crippen molar-refractivity contribution in [2.75, 3.05) is 11.1 Å². The number of hydrogen-bond donors (Lipinski definition) is 2. The Morgan fingerprint density at radius 3 is 2.53 bits per heavy atom. The number of nitrogens with two attached hydrogens (primary N) is 1. The number of anilines is 3. The lowest BCUT2D eigenvalue weighted by molar-refractivity contribution is -0.384. The van der Waals surface area contributed by atoms with Crippen molar-refractivity contribution in [2.24, 2.45) is 7.05 Å². The summed E-state index contributed by atoms with van der Waals surface area (Å²) in [4.78, 5) is 40.4. The molecule has 11 heteroatoms. The van der Waals surface area contributed by atoms with E-state index >= 15 is 0 Å². The minimum absolute atomic E-state index is 0.00800. The van der Waals surface area contributed by atoms with Gasteiger partial charge in [0.05, 0.1) is 27.7 Å². The Balaban J connectivity index is 1.96. The minimum atomic E-state index is -0.602. The summed E-state index contributed by atoms with van der Waals surface area (Å²) in [5.41, 5.74) is 5.77. The number of nitrogen functional groups attached to an aromatic ring is 1. The van der Waals surface area contributed by atoms with Crippen LogP contribution in [0.25, 0.3) is 16.7 Å². The van der Waals surface area contributed by atoms with Crippen molar-refractivity contribution in [3.8, 4) is 5.69 Å². The smallest absolute Gasteiger partial charge is 0.271 e. The SMILES string of the molecule is Cc1ccc(Nc2cc(=O)n(C)c3ncn(-c4ccc([N+](=O)[O-])cc4N)c(=O)c23)c(F)c1. The molecule has 0 aliphatic carbocycles. The molecule has 32 heavy (non-hydrogen) atoms. The molecule has 0 spiro atoms. The zero-order valence-corrected chi connectivity index (χ0v) is 17.0. The largest absolute Gasteiger partial charge is 0.397 e. The Bertz CT molecular complexity index is 1530. The Morgan fingerprint density at radius 2 is 1.88 bits per heavy atom. The maximum absolute atomic E-state index is 14.4. The van der Waals surface area contributed by atoms with E-state index in [9.17, 15) is 24.1 Å². The average molecular weight is 436 g/mol. The summed E-state index contributed by atoms with van der Waals surface area (Å²) in [5.74, 6) is -0.553. The molecule has 0 aliphatic rings. The van der Waals surface area contributed by atoms with Gasteiger partial charge in [-0.2, -0.15) is 0 Å². The van der Waals surface area contributed by atoms with E-state index in [1.54, 1.807) is 13.0 Å². The number of nitro benzene ring substituents is 1. The summed E-state index contributed by atoms with van der Waals surface area (Å²) in [6.45, 7) is 1.73. The van der Waals surface area contributed by atoms with Crippen LogP contribution in [0, 0.1) is 22.9 Å². The van der Waals surface area contributed by atoms with Gasteiger partial charge in [-0.1, -0.05) is 6.07 Å². The third-order valence-corrected chi connectivity index (χ3v) is 5.01. The lowest BCUT2D eigenvalue weighted by Crippen LogP contribution is -2.26. The van der Waals surface area contributed by atoms with Crippen LogP contribution < -0.4 is 22.2 Å². The number of pyridine rings is 1. The van der Waals surface area contributed by atoms with E-state index in [4.69, 9.17) is 5.73 Å². The van der Waals surface area contributed by atoms with E-state index in [-0.39, 0.29) is 39.5 Å². The highest BCUT2D eigenvalue weighted by Gasteiger charge is 2.18. The van der Waals surface area contributed by atoms with Crippen LogP contribution in [0.4, 0.5) is 27.1 Å². The average Bonchev–Trinajstić information content (AvgIpc) is 2.73. The highest BCUT2D eigenvalue weighted by molar-refractivity contribution is 5.90. The Hall–Kier alpha value is -4.54. The standard InChI is InChI=1S/C21H17FN6O4/c1-11-3-5-15(13(22)7-11)25-16-9-18(29)26(2)20-19(16)21(30)27(10-24-20)17-6-4-12(28(31)32)8-14(17)23/h3-10,25H,23H2,1-2H3. The molecular formula is C21H17FN6O4. The molecule has 3 N–H and O–H groups in total. The van der Waals surface area contributed by atoms with Crippen LogP contribution in [0.2, 0.25) is 0 Å². The van der Waals surface area contributed by atoms with Crippen LogP contribution in [0.1, 0.15) is 5.56 Å². The molecule has 0 atom stereocenters. The van der Waals surface area contributed by atoms with Crippen molar-refractivity contribution in [1.82, 2.24) is 14.1 Å². The number of benzene rings is 2. The summed E-state index contributed by atoms with van der Waals surface area (Å²) >= 11 is 0. The molecule has 0 fully saturated rings. The Kier molecular flexibility index (Phi) is 4.93. The normalized spacial score (nSPS) is 11.0. The van der Waals surface area contributed by atoms with Crippen LogP contribution in [0.15, 0.2) is 58.4 Å². The van der Waals surface area contributed by atoms with E-state index in [0.29, 0.717) is 5.56 Å². The maximum atomic E-state index is 14.4. The predicted octanol–water partition coefficient (Wildman–Crippen LogP) is 2.77. The molecule has 0 unspecified atom stereocenters. The lowest BCUT2D eigenvalue weighted by atomic mass is 10.2. The zero-order chi connectivity index (χ0) is 23.2. The van der Waals surface area contributed by atoms with Gasteiger partial charge in [-0.25, -0.2) is 9.37 Å². The number of nitro groups is 1. The molecular weight excluding hydrogens is 419 g/mol. The fraction of sp³-hybridized carbons (Fsp3) is 0.0952. The highest BCUT2D eigenvalue weighted by atomic mass is 19.1. The van der Waals surface area contributed by atoms with E-state index in [2.05, 4.69) is 10.3 Å². The lowest BCUT2D eigenvalue weighted by Gasteiger charge is -2.14. The van der Waals surface area contributed by atoms with Gasteiger partial charge in [0.25, 0.3) is 16.8 Å². The van der Waals surface area contributed by atoms with Gasteiger partial charge in [-0.05, 0) is 30.7 Å². The molecule has 4 aromatic rings. The van der Waals surface area contributed by atoms with Gasteiger partial charge in [0.2, 0.25) is 0 Å². The fourth-order valence-electron chi connectivity index (χ4n) is 3.34. The summed E-state index contributed by atoms with van der Waals surface area (Å²) < 4.78 is 16.7. The molecule has 4 rings (SSSR count). The summed E-state index contributed by atoms with van der Waals surface area (Å²) in [6, 6.07) is 9.35. The highest BCUT2D eigenvalue weighted by Crippen LogP contribution is 2.26. The first-order valence-corrected chi connectivity index (χ1v) is 9.36. The van der Waals surface area contributed by atoms with Crippen molar-refractivity contribution in [1.29, 1.82) is 0 Å². The number of aromatic nitrogens is 3. The number of nitrogens with one attached hydrogen (secondary N) is 1. The Labute approximate surface area is 179 Å². The van der Waals surface area contributed by atoms with Gasteiger partial charge in [0, 0.05) is 25.2 Å². The number of non-ortho nitro benzene ring substituents is 1. The van der Waals surface area contributed by atoms with Gasteiger partial charge in [0.15, 0.2) is 5.65 Å². The molecule has 0 bridgehead atoms. The van der Waals surface area contributed by atoms with Crippen LogP contribution >= 0.6 is 0 Å². The summed E-state index contributed by atoms with van der Waals surface area (Å²) in [6.07, 6.45) is 1.18. The molecule has 0 saturated heterocycles. The number of aryl methyl sites for hydroxylation is 2. The number of nitrogens with zero attached hydrogens (tertiary/aromatic N) is 4. The molecule has 0 aliphatic heterocycles. The molecule has 0 radical (unpaired) electrons. The molecule has 162 valence electrons. The fourth-order valence-corrected chi connectivity index (χ4v) is 3.34. The molecule has 2 aromatic carbocycles. The van der Waals surface area contributed by atoms with Crippen molar-refractivity contribution >= 4 is 33.8 Å². The van der Waals surface area contributed by atoms with Gasteiger partial charge in [-0.15, -0.1) is 0 Å². The maximum Gasteiger partial charge on any atom is 0.271 e. The Morgan fingerprint density at radius 1 is 1.12 bits per heavy atom. The molecule has 2 aromatic heterocycles. The van der Waals surface area contributed by atoms with Gasteiger partial charge in [0.1, 0.15) is 17.5 Å². The van der Waals surface area contributed by atoms with Gasteiger partial charge in [-0.3, -0.25) is 28.8 Å². The monoisotopic (exact) mass is 436 g/mol. The first kappa shape index (κ1) is 20.7. The van der Waals surface area contributed by atoms with Crippen molar-refractivity contribution in [2.45, 2.75) is 6.92 Å². The number of fused-ring (bicyclic) bond motifs is 1. The van der Waals surface area contributed by atoms with Crippen LogP contribution in [0.3, 0.4) is 0 Å². The second kappa shape index (κ2) is 7.61. The quantitative estimate of drug-likeness (QED) is 0.285. The van der Waals surface area contributed by atoms with E-state index in [1.807, 2.05) is 0 Å². The van der Waals surface area contributed by atoms with Gasteiger partial charge >= 0.3 is 0 Å². The first-order valence-electron chi connectivity index (χ1n) is 9.36. The zero-order valence-electron chi connectivity index (χ0n) is 17.0. The van der Waals surface area contributed by atoms with Crippen LogP contribution in [0.5, 0.6) is 0 Å². The summed E-state index contributed by atoms with van der Waals surface area (Å²) in [7, 11) is 1.46. The number of hydrogen-bond acceptors (Lipinski definition) is 7. The van der Waals surface area contributed by atoms with Crippen molar-refractivity contribution < 1.29 is 9.31 Å². The van der Waals surface area contributed by atoms with Crippen LogP contribution in [-0.4, -0.2) is 19.0 Å². The molecule has 2 heterocycles. The molecule has 0 amide bonds. The van der Waals surface area contributed by atoms with Crippen molar-refractivity contribution in [3.05, 3.63) is 91.0 Å². The first-order chi connectivity index (χ1) is 15.2. The second-order valence-electron chi connectivity index (χ2n) is 7.18. The van der Waals surface area contributed by atoms with E-state index in [0.717, 1.165) is 10.6 Å². The third-order valence-electron chi connectivity index (χ3n) is 5.01. The predicted molar refractivity (Wildman–Crippen MR) is 118 cm³/mol. The van der Waals surface area contributed by atoms with Crippen molar-refractivity contribution in [3.63, 3.8) is 0 Å². The number of rotatable bonds is 4. The minimum Gasteiger partial charge on any atom is -0.397 e. The van der Waals surface area contributed by atoms with Crippen LogP contribution in [-0.2, 0) is 7.05 Å². The number of halogens is 1. The second-order valence-corrected chi connectivity index (χ2v) is 7.18. The third kappa shape index (κ3) is 3.45. The summed E-state index contributed by atoms with van der Waals surface area (Å²) in [5, 5.41) is 13.8. The van der Waals surface area contributed by atoms with Gasteiger partial charge < -0.3 is 11.1 Å². The topological polar surface area (TPSA) is 138 Å². The molecule has 10 nitrogen and oxygen atoms in total. The van der Waals surface area contributed by atoms with E-state index < -0.39 is 21.9 Å².